The Morgan fingerprint density at radius 2 is 1.83 bits per heavy atom. The third kappa shape index (κ3) is 3.20. The Morgan fingerprint density at radius 1 is 1.04 bits per heavy atom. The van der Waals surface area contributed by atoms with E-state index in [4.69, 9.17) is 18.9 Å². The van der Waals surface area contributed by atoms with Gasteiger partial charge in [0, 0.05) is 18.6 Å². The molecule has 1 aliphatic heterocycles. The van der Waals surface area contributed by atoms with Crippen LogP contribution in [0.5, 0.6) is 23.0 Å². The van der Waals surface area contributed by atoms with Crippen LogP contribution in [0, 0.1) is 0 Å². The van der Waals surface area contributed by atoms with Crippen LogP contribution < -0.4 is 18.9 Å². The first-order chi connectivity index (χ1) is 11.6. The molecular formula is C19H18O5. The van der Waals surface area contributed by atoms with Gasteiger partial charge in [-0.15, -0.1) is 0 Å². The van der Waals surface area contributed by atoms with E-state index < -0.39 is 0 Å². The van der Waals surface area contributed by atoms with E-state index in [1.165, 1.54) is 6.92 Å². The van der Waals surface area contributed by atoms with Crippen LogP contribution in [-0.4, -0.2) is 26.8 Å². The fraction of sp³-hybridized carbons (Fsp3) is 0.211. The first kappa shape index (κ1) is 15.9. The lowest BCUT2D eigenvalue weighted by Crippen LogP contribution is -2.08. The molecule has 3 rings (SSSR count). The number of rotatable bonds is 4. The van der Waals surface area contributed by atoms with Crippen LogP contribution in [-0.2, 0) is 4.79 Å². The molecule has 0 saturated heterocycles. The normalized spacial score (nSPS) is 12.5. The van der Waals surface area contributed by atoms with Crippen LogP contribution in [0.2, 0.25) is 0 Å². The zero-order valence-electron chi connectivity index (χ0n) is 13.8. The average molecular weight is 326 g/mol. The molecular weight excluding hydrogens is 308 g/mol. The van der Waals surface area contributed by atoms with Gasteiger partial charge >= 0.3 is 5.97 Å². The smallest absolute Gasteiger partial charge is 0.308 e. The van der Waals surface area contributed by atoms with Crippen LogP contribution in [0.3, 0.4) is 0 Å². The maximum Gasteiger partial charge on any atom is 0.308 e. The van der Waals surface area contributed by atoms with Gasteiger partial charge in [-0.2, -0.15) is 0 Å². The first-order valence-electron chi connectivity index (χ1n) is 7.49. The van der Waals surface area contributed by atoms with Crippen LogP contribution in [0.25, 0.3) is 11.6 Å². The van der Waals surface area contributed by atoms with Crippen molar-refractivity contribution in [2.24, 2.45) is 0 Å². The molecule has 0 fully saturated rings. The molecule has 0 amide bonds. The fourth-order valence-corrected chi connectivity index (χ4v) is 2.58. The lowest BCUT2D eigenvalue weighted by molar-refractivity contribution is -0.131. The Hall–Kier alpha value is -2.95. The monoisotopic (exact) mass is 326 g/mol. The first-order valence-corrected chi connectivity index (χ1v) is 7.49. The van der Waals surface area contributed by atoms with Crippen molar-refractivity contribution < 1.29 is 23.7 Å². The second-order valence-electron chi connectivity index (χ2n) is 5.32. The van der Waals surface area contributed by atoms with Gasteiger partial charge in [0.1, 0.15) is 18.1 Å². The maximum absolute atomic E-state index is 11.0. The Labute approximate surface area is 140 Å². The molecule has 0 aromatic heterocycles. The zero-order chi connectivity index (χ0) is 17.1. The molecule has 5 nitrogen and oxygen atoms in total. The highest BCUT2D eigenvalue weighted by Gasteiger charge is 2.16. The highest BCUT2D eigenvalue weighted by atomic mass is 16.5. The molecule has 1 heterocycles. The minimum Gasteiger partial charge on any atom is -0.493 e. The molecule has 0 unspecified atom stereocenters. The number of hydrogen-bond donors (Lipinski definition) is 0. The van der Waals surface area contributed by atoms with Crippen LogP contribution >= 0.6 is 0 Å². The van der Waals surface area contributed by atoms with E-state index in [1.807, 2.05) is 24.3 Å². The molecule has 0 aliphatic carbocycles. The van der Waals surface area contributed by atoms with Gasteiger partial charge in [0.15, 0.2) is 11.5 Å². The van der Waals surface area contributed by atoms with Crippen molar-refractivity contribution in [3.05, 3.63) is 47.5 Å². The van der Waals surface area contributed by atoms with Crippen LogP contribution in [0.1, 0.15) is 18.1 Å². The van der Waals surface area contributed by atoms with Gasteiger partial charge < -0.3 is 18.9 Å². The summed E-state index contributed by atoms with van der Waals surface area (Å²) in [6, 6.07) is 11.1. The summed E-state index contributed by atoms with van der Waals surface area (Å²) in [7, 11) is 3.22. The van der Waals surface area contributed by atoms with Crippen molar-refractivity contribution in [1.29, 1.82) is 0 Å². The minimum absolute atomic E-state index is 0.354. The summed E-state index contributed by atoms with van der Waals surface area (Å²) in [4.78, 5) is 11.0. The van der Waals surface area contributed by atoms with Gasteiger partial charge in [0.2, 0.25) is 0 Å². The fourth-order valence-electron chi connectivity index (χ4n) is 2.58. The van der Waals surface area contributed by atoms with Crippen molar-refractivity contribution in [2.45, 2.75) is 6.92 Å². The third-order valence-electron chi connectivity index (χ3n) is 3.71. The highest BCUT2D eigenvalue weighted by molar-refractivity contribution is 5.86. The molecule has 2 aromatic carbocycles. The number of benzene rings is 2. The number of esters is 1. The summed E-state index contributed by atoms with van der Waals surface area (Å²) in [5.41, 5.74) is 2.97. The molecule has 0 saturated carbocycles. The van der Waals surface area contributed by atoms with E-state index in [1.54, 1.807) is 26.4 Å². The SMILES string of the molecule is COc1ccc(C2=Cc3ccc(OC(C)=O)cc3OC2)cc1OC. The van der Waals surface area contributed by atoms with Gasteiger partial charge in [0.25, 0.3) is 0 Å². The van der Waals surface area contributed by atoms with E-state index in [9.17, 15) is 4.79 Å². The van der Waals surface area contributed by atoms with E-state index in [2.05, 4.69) is 6.08 Å². The average Bonchev–Trinajstić information content (AvgIpc) is 2.60. The summed E-state index contributed by atoms with van der Waals surface area (Å²) in [5, 5.41) is 0. The molecule has 24 heavy (non-hydrogen) atoms. The molecule has 5 heteroatoms. The summed E-state index contributed by atoms with van der Waals surface area (Å²) in [6.45, 7) is 1.79. The Kier molecular flexibility index (Phi) is 4.42. The van der Waals surface area contributed by atoms with E-state index in [0.717, 1.165) is 16.7 Å². The third-order valence-corrected chi connectivity index (χ3v) is 3.71. The van der Waals surface area contributed by atoms with Crippen molar-refractivity contribution >= 4 is 17.6 Å². The van der Waals surface area contributed by atoms with Gasteiger partial charge in [-0.3, -0.25) is 4.79 Å². The topological polar surface area (TPSA) is 54.0 Å². The summed E-state index contributed by atoms with van der Waals surface area (Å²) >= 11 is 0. The molecule has 124 valence electrons. The number of carbonyl (C=O) groups is 1. The van der Waals surface area contributed by atoms with Crippen molar-refractivity contribution in [3.63, 3.8) is 0 Å². The lowest BCUT2D eigenvalue weighted by Gasteiger charge is -2.19. The Morgan fingerprint density at radius 3 is 2.54 bits per heavy atom. The summed E-state index contributed by atoms with van der Waals surface area (Å²) < 4.78 is 21.5. The second kappa shape index (κ2) is 6.66. The zero-order valence-corrected chi connectivity index (χ0v) is 13.8. The van der Waals surface area contributed by atoms with E-state index in [0.29, 0.717) is 29.6 Å². The van der Waals surface area contributed by atoms with Gasteiger partial charge in [-0.05, 0) is 41.5 Å². The highest BCUT2D eigenvalue weighted by Crippen LogP contribution is 2.36. The molecule has 2 aromatic rings. The predicted octanol–water partition coefficient (Wildman–Crippen LogP) is 3.56. The van der Waals surface area contributed by atoms with E-state index >= 15 is 0 Å². The van der Waals surface area contributed by atoms with Crippen molar-refractivity contribution in [1.82, 2.24) is 0 Å². The van der Waals surface area contributed by atoms with Crippen LogP contribution in [0.15, 0.2) is 36.4 Å². The summed E-state index contributed by atoms with van der Waals surface area (Å²) in [6.07, 6.45) is 2.05. The number of methoxy groups -OCH3 is 2. The van der Waals surface area contributed by atoms with Gasteiger partial charge in [-0.1, -0.05) is 6.07 Å². The Bertz CT molecular complexity index is 807. The Balaban J connectivity index is 1.92. The molecule has 0 radical (unpaired) electrons. The number of fused-ring (bicyclic) bond motifs is 1. The van der Waals surface area contributed by atoms with Gasteiger partial charge in [0.05, 0.1) is 14.2 Å². The summed E-state index contributed by atoms with van der Waals surface area (Å²) in [5.74, 6) is 2.17. The van der Waals surface area contributed by atoms with Crippen LogP contribution in [0.4, 0.5) is 0 Å². The molecule has 0 N–H and O–H groups in total. The predicted molar refractivity (Wildman–Crippen MR) is 90.7 cm³/mol. The molecule has 0 spiro atoms. The quantitative estimate of drug-likeness (QED) is 0.635. The second-order valence-corrected chi connectivity index (χ2v) is 5.32. The van der Waals surface area contributed by atoms with Gasteiger partial charge in [-0.25, -0.2) is 0 Å². The largest absolute Gasteiger partial charge is 0.493 e. The maximum atomic E-state index is 11.0. The standard InChI is InChI=1S/C19H18O5/c1-12(20)24-16-6-4-14-8-15(11-23-18(14)10-16)13-5-7-17(21-2)19(9-13)22-3/h4-10H,11H2,1-3H3. The van der Waals surface area contributed by atoms with Crippen molar-refractivity contribution in [3.8, 4) is 23.0 Å². The molecule has 1 aliphatic rings. The molecule has 0 atom stereocenters. The number of carbonyl (C=O) groups excluding carboxylic acids is 1. The number of hydrogen-bond acceptors (Lipinski definition) is 5. The lowest BCUT2D eigenvalue weighted by atomic mass is 10.0. The minimum atomic E-state index is -0.354. The molecule has 0 bridgehead atoms. The number of ether oxygens (including phenoxy) is 4. The van der Waals surface area contributed by atoms with Crippen molar-refractivity contribution in [2.75, 3.05) is 20.8 Å². The van der Waals surface area contributed by atoms with E-state index in [-0.39, 0.29) is 5.97 Å².